The molecule has 1 aliphatic rings. The van der Waals surface area contributed by atoms with Crippen molar-refractivity contribution in [1.82, 2.24) is 5.32 Å². The highest BCUT2D eigenvalue weighted by atomic mass is 16.3. The first-order valence-corrected chi connectivity index (χ1v) is 5.48. The van der Waals surface area contributed by atoms with Crippen molar-refractivity contribution < 1.29 is 5.11 Å². The molecule has 0 saturated carbocycles. The van der Waals surface area contributed by atoms with Crippen molar-refractivity contribution in [2.45, 2.75) is 26.4 Å². The number of nitrogens with one attached hydrogen (secondary N) is 1. The minimum atomic E-state index is 0.348. The molecule has 0 bridgehead atoms. The lowest BCUT2D eigenvalue weighted by Crippen LogP contribution is -2.34. The van der Waals surface area contributed by atoms with Crippen LogP contribution in [0.25, 0.3) is 0 Å². The summed E-state index contributed by atoms with van der Waals surface area (Å²) in [5.41, 5.74) is 2.43. The summed E-state index contributed by atoms with van der Waals surface area (Å²) in [6, 6.07) is 6.08. The number of aromatic hydroxyl groups is 1. The molecular formula is C12H18N2O. The van der Waals surface area contributed by atoms with Gasteiger partial charge in [-0.25, -0.2) is 0 Å². The van der Waals surface area contributed by atoms with Crippen molar-refractivity contribution >= 4 is 5.69 Å². The molecule has 0 radical (unpaired) electrons. The lowest BCUT2D eigenvalue weighted by molar-refractivity contribution is 0.475. The molecule has 0 spiro atoms. The summed E-state index contributed by atoms with van der Waals surface area (Å²) in [4.78, 5) is 2.33. The van der Waals surface area contributed by atoms with Crippen LogP contribution in [0.1, 0.15) is 19.4 Å². The van der Waals surface area contributed by atoms with Gasteiger partial charge in [0.2, 0.25) is 0 Å². The van der Waals surface area contributed by atoms with E-state index in [1.54, 1.807) is 6.07 Å². The molecule has 0 fully saturated rings. The van der Waals surface area contributed by atoms with E-state index in [2.05, 4.69) is 24.1 Å². The number of benzene rings is 1. The van der Waals surface area contributed by atoms with Gasteiger partial charge >= 0.3 is 0 Å². The van der Waals surface area contributed by atoms with E-state index in [1.165, 1.54) is 5.56 Å². The van der Waals surface area contributed by atoms with Crippen LogP contribution in [0.3, 0.4) is 0 Å². The van der Waals surface area contributed by atoms with Crippen LogP contribution in [0, 0.1) is 0 Å². The first-order chi connectivity index (χ1) is 7.18. The predicted molar refractivity (Wildman–Crippen MR) is 62.3 cm³/mol. The van der Waals surface area contributed by atoms with E-state index in [0.717, 1.165) is 25.3 Å². The fraction of sp³-hybridized carbons (Fsp3) is 0.500. The normalized spacial score (nSPS) is 16.3. The quantitative estimate of drug-likeness (QED) is 0.734. The molecule has 1 heterocycles. The number of hydrogen-bond acceptors (Lipinski definition) is 3. The molecule has 0 atom stereocenters. The lowest BCUT2D eigenvalue weighted by atomic mass is 10.1. The maximum absolute atomic E-state index is 9.53. The van der Waals surface area contributed by atoms with E-state index < -0.39 is 0 Å². The standard InChI is InChI=1S/C12H18N2O/c1-9(2)14-6-5-13-8-10-3-4-11(15)7-12(10)14/h3-4,7,9,13,15H,5-6,8H2,1-2H3. The minimum Gasteiger partial charge on any atom is -0.508 e. The summed E-state index contributed by atoms with van der Waals surface area (Å²) in [5.74, 6) is 0.348. The molecule has 2 rings (SSSR count). The predicted octanol–water partition coefficient (Wildman–Crippen LogP) is 1.71. The zero-order chi connectivity index (χ0) is 10.8. The van der Waals surface area contributed by atoms with Crippen LogP contribution in [0.5, 0.6) is 5.75 Å². The van der Waals surface area contributed by atoms with Gasteiger partial charge in [-0.1, -0.05) is 6.07 Å². The first kappa shape index (κ1) is 10.3. The van der Waals surface area contributed by atoms with E-state index >= 15 is 0 Å². The van der Waals surface area contributed by atoms with Crippen LogP contribution in [0.4, 0.5) is 5.69 Å². The van der Waals surface area contributed by atoms with E-state index in [9.17, 15) is 5.11 Å². The van der Waals surface area contributed by atoms with Crippen LogP contribution in [-0.4, -0.2) is 24.2 Å². The number of rotatable bonds is 1. The highest BCUT2D eigenvalue weighted by molar-refractivity contribution is 5.58. The Morgan fingerprint density at radius 2 is 2.20 bits per heavy atom. The Labute approximate surface area is 90.7 Å². The summed E-state index contributed by atoms with van der Waals surface area (Å²) in [6.45, 7) is 7.23. The molecule has 15 heavy (non-hydrogen) atoms. The molecule has 0 unspecified atom stereocenters. The van der Waals surface area contributed by atoms with Crippen molar-refractivity contribution in [2.75, 3.05) is 18.0 Å². The molecule has 3 heteroatoms. The second kappa shape index (κ2) is 4.11. The van der Waals surface area contributed by atoms with Gasteiger partial charge in [-0.05, 0) is 25.5 Å². The molecule has 82 valence electrons. The van der Waals surface area contributed by atoms with Gasteiger partial charge in [0.1, 0.15) is 5.75 Å². The monoisotopic (exact) mass is 206 g/mol. The first-order valence-electron chi connectivity index (χ1n) is 5.48. The average Bonchev–Trinajstić information content (AvgIpc) is 2.39. The second-order valence-electron chi connectivity index (χ2n) is 4.28. The third kappa shape index (κ3) is 2.07. The Morgan fingerprint density at radius 3 is 2.93 bits per heavy atom. The maximum Gasteiger partial charge on any atom is 0.117 e. The third-order valence-electron chi connectivity index (χ3n) is 2.85. The third-order valence-corrected chi connectivity index (χ3v) is 2.85. The maximum atomic E-state index is 9.53. The van der Waals surface area contributed by atoms with Crippen LogP contribution in [0.15, 0.2) is 18.2 Å². The smallest absolute Gasteiger partial charge is 0.117 e. The topological polar surface area (TPSA) is 35.5 Å². The number of hydrogen-bond donors (Lipinski definition) is 2. The molecule has 0 aromatic heterocycles. The highest BCUT2D eigenvalue weighted by Crippen LogP contribution is 2.28. The summed E-state index contributed by atoms with van der Waals surface area (Å²) in [7, 11) is 0. The lowest BCUT2D eigenvalue weighted by Gasteiger charge is -2.28. The van der Waals surface area contributed by atoms with Gasteiger partial charge in [0.15, 0.2) is 0 Å². The van der Waals surface area contributed by atoms with E-state index in [1.807, 2.05) is 12.1 Å². The van der Waals surface area contributed by atoms with Crippen LogP contribution >= 0.6 is 0 Å². The Hall–Kier alpha value is -1.22. The van der Waals surface area contributed by atoms with E-state index in [-0.39, 0.29) is 0 Å². The molecule has 3 nitrogen and oxygen atoms in total. The van der Waals surface area contributed by atoms with Crippen molar-refractivity contribution in [3.8, 4) is 5.75 Å². The van der Waals surface area contributed by atoms with Gasteiger partial charge in [0, 0.05) is 37.4 Å². The van der Waals surface area contributed by atoms with Gasteiger partial charge in [-0.3, -0.25) is 0 Å². The molecule has 0 amide bonds. The van der Waals surface area contributed by atoms with Gasteiger partial charge in [-0.15, -0.1) is 0 Å². The minimum absolute atomic E-state index is 0.348. The number of fused-ring (bicyclic) bond motifs is 1. The summed E-state index contributed by atoms with van der Waals surface area (Å²) in [5, 5.41) is 12.9. The van der Waals surface area contributed by atoms with Crippen molar-refractivity contribution in [3.63, 3.8) is 0 Å². The Bertz CT molecular complexity index is 349. The van der Waals surface area contributed by atoms with Crippen molar-refractivity contribution in [1.29, 1.82) is 0 Å². The number of nitrogens with zero attached hydrogens (tertiary/aromatic N) is 1. The molecule has 1 aromatic rings. The zero-order valence-electron chi connectivity index (χ0n) is 9.33. The molecular weight excluding hydrogens is 188 g/mol. The Kier molecular flexibility index (Phi) is 2.82. The van der Waals surface area contributed by atoms with Gasteiger partial charge in [0.05, 0.1) is 0 Å². The van der Waals surface area contributed by atoms with Crippen molar-refractivity contribution in [3.05, 3.63) is 23.8 Å². The molecule has 0 saturated heterocycles. The average molecular weight is 206 g/mol. The summed E-state index contributed by atoms with van der Waals surface area (Å²) >= 11 is 0. The summed E-state index contributed by atoms with van der Waals surface area (Å²) < 4.78 is 0. The Balaban J connectivity index is 2.42. The fourth-order valence-corrected chi connectivity index (χ4v) is 2.05. The molecule has 2 N–H and O–H groups in total. The van der Waals surface area contributed by atoms with E-state index in [0.29, 0.717) is 11.8 Å². The summed E-state index contributed by atoms with van der Waals surface area (Å²) in [6.07, 6.45) is 0. The van der Waals surface area contributed by atoms with E-state index in [4.69, 9.17) is 0 Å². The van der Waals surface area contributed by atoms with Gasteiger partial charge in [-0.2, -0.15) is 0 Å². The van der Waals surface area contributed by atoms with Crippen LogP contribution < -0.4 is 10.2 Å². The van der Waals surface area contributed by atoms with Gasteiger partial charge in [0.25, 0.3) is 0 Å². The number of anilines is 1. The molecule has 1 aromatic carbocycles. The van der Waals surface area contributed by atoms with Crippen LogP contribution in [0.2, 0.25) is 0 Å². The fourth-order valence-electron chi connectivity index (χ4n) is 2.05. The molecule has 0 aliphatic carbocycles. The number of phenols is 1. The SMILES string of the molecule is CC(C)N1CCNCc2ccc(O)cc21. The molecule has 1 aliphatic heterocycles. The largest absolute Gasteiger partial charge is 0.508 e. The zero-order valence-corrected chi connectivity index (χ0v) is 9.33. The van der Waals surface area contributed by atoms with Crippen molar-refractivity contribution in [2.24, 2.45) is 0 Å². The van der Waals surface area contributed by atoms with Crippen LogP contribution in [-0.2, 0) is 6.54 Å². The van der Waals surface area contributed by atoms with Gasteiger partial charge < -0.3 is 15.3 Å². The number of phenolic OH excluding ortho intramolecular Hbond substituents is 1. The Morgan fingerprint density at radius 1 is 1.40 bits per heavy atom. The second-order valence-corrected chi connectivity index (χ2v) is 4.28. The highest BCUT2D eigenvalue weighted by Gasteiger charge is 2.17.